The second-order valence-electron chi connectivity index (χ2n) is 7.42. The van der Waals surface area contributed by atoms with Gasteiger partial charge in [-0.2, -0.15) is 0 Å². The van der Waals surface area contributed by atoms with Crippen LogP contribution in [-0.4, -0.2) is 53.7 Å². The van der Waals surface area contributed by atoms with E-state index >= 15 is 0 Å². The van der Waals surface area contributed by atoms with Crippen LogP contribution in [0.2, 0.25) is 0 Å². The Kier molecular flexibility index (Phi) is 6.05. The fourth-order valence-corrected chi connectivity index (χ4v) is 3.97. The lowest BCUT2D eigenvalue weighted by atomic mass is 9.85. The monoisotopic (exact) mass is 411 g/mol. The molecule has 0 aliphatic carbocycles. The number of piperidine rings is 1. The van der Waals surface area contributed by atoms with Crippen molar-refractivity contribution >= 4 is 23.7 Å². The molecule has 1 fully saturated rings. The van der Waals surface area contributed by atoms with Crippen LogP contribution in [-0.2, 0) is 25.7 Å². The van der Waals surface area contributed by atoms with Crippen molar-refractivity contribution in [2.75, 3.05) is 20.2 Å². The molecular weight excluding hydrogens is 386 g/mol. The summed E-state index contributed by atoms with van der Waals surface area (Å²) in [5.41, 5.74) is 2.19. The maximum absolute atomic E-state index is 12.9. The van der Waals surface area contributed by atoms with Crippen LogP contribution in [0.5, 0.6) is 0 Å². The molecule has 0 aromatic heterocycles. The van der Waals surface area contributed by atoms with Crippen LogP contribution in [0.25, 0.3) is 0 Å². The number of methoxy groups -OCH3 is 1. The van der Waals surface area contributed by atoms with E-state index in [1.807, 2.05) is 17.0 Å². The summed E-state index contributed by atoms with van der Waals surface area (Å²) >= 11 is 0. The van der Waals surface area contributed by atoms with Crippen LogP contribution >= 0.6 is 0 Å². The van der Waals surface area contributed by atoms with Gasteiger partial charge in [-0.1, -0.05) is 25.3 Å². The molecule has 8 nitrogen and oxygen atoms in total. The second-order valence-corrected chi connectivity index (χ2v) is 7.42. The molecule has 2 aliphatic rings. The topological polar surface area (TPSA) is 96.0 Å². The first-order valence-electron chi connectivity index (χ1n) is 9.71. The Morgan fingerprint density at radius 1 is 1.17 bits per heavy atom. The maximum atomic E-state index is 12.9. The predicted octanol–water partition coefficient (Wildman–Crippen LogP) is 1.68. The summed E-state index contributed by atoms with van der Waals surface area (Å²) in [7, 11) is 1.18. The van der Waals surface area contributed by atoms with Gasteiger partial charge in [0.25, 0.3) is 11.8 Å². The van der Waals surface area contributed by atoms with Crippen molar-refractivity contribution < 1.29 is 23.9 Å². The highest BCUT2D eigenvalue weighted by atomic mass is 16.5. The summed E-state index contributed by atoms with van der Waals surface area (Å²) in [6.45, 7) is 10.4. The van der Waals surface area contributed by atoms with E-state index in [0.717, 1.165) is 24.0 Å². The molecule has 1 saturated heterocycles. The summed E-state index contributed by atoms with van der Waals surface area (Å²) in [4.78, 5) is 51.5. The molecule has 158 valence electrons. The molecule has 0 saturated carbocycles. The summed E-state index contributed by atoms with van der Waals surface area (Å²) < 4.78 is 4.51. The molecule has 3 amide bonds. The fourth-order valence-electron chi connectivity index (χ4n) is 3.97. The van der Waals surface area contributed by atoms with Crippen LogP contribution < -0.4 is 5.32 Å². The van der Waals surface area contributed by atoms with Crippen molar-refractivity contribution in [3.05, 3.63) is 59.4 Å². The number of amides is 3. The van der Waals surface area contributed by atoms with E-state index < -0.39 is 11.9 Å². The number of likely N-dealkylation sites (tertiary alicyclic amines) is 1. The summed E-state index contributed by atoms with van der Waals surface area (Å²) in [6, 6.07) is 5.59. The van der Waals surface area contributed by atoms with Crippen LogP contribution in [0.1, 0.15) is 47.2 Å². The summed E-state index contributed by atoms with van der Waals surface area (Å²) in [5, 5.41) is 2.31. The average molecular weight is 411 g/mol. The van der Waals surface area contributed by atoms with Crippen LogP contribution in [0.4, 0.5) is 0 Å². The molecule has 1 aromatic carbocycles. The molecule has 2 heterocycles. The summed E-state index contributed by atoms with van der Waals surface area (Å²) in [5.74, 6) is -1.46. The van der Waals surface area contributed by atoms with E-state index in [-0.39, 0.29) is 35.7 Å². The zero-order valence-corrected chi connectivity index (χ0v) is 17.2. The number of hydrogen-bond acceptors (Lipinski definition) is 5. The number of esters is 1. The van der Waals surface area contributed by atoms with Crippen LogP contribution in [0, 0.1) is 0 Å². The second kappa shape index (κ2) is 8.52. The minimum atomic E-state index is -0.772. The van der Waals surface area contributed by atoms with Gasteiger partial charge in [0.15, 0.2) is 0 Å². The predicted molar refractivity (Wildman–Crippen MR) is 109 cm³/mol. The van der Waals surface area contributed by atoms with E-state index in [4.69, 9.17) is 0 Å². The van der Waals surface area contributed by atoms with Crippen molar-refractivity contribution in [1.29, 1.82) is 0 Å². The highest BCUT2D eigenvalue weighted by Gasteiger charge is 2.35. The van der Waals surface area contributed by atoms with Gasteiger partial charge in [0.05, 0.1) is 13.7 Å². The van der Waals surface area contributed by atoms with Gasteiger partial charge in [-0.3, -0.25) is 19.3 Å². The standard InChI is InChI=1S/C22H25N3O5/c1-13(22(29)30-4)23-20(27)14(2)25-12-19-17(6-5-7-18(19)21(25)28)16-8-10-24(11-9-16)15(3)26/h5-7,16H,1-2,8-12H2,3-4H3,(H,23,27). The smallest absolute Gasteiger partial charge is 0.353 e. The first kappa shape index (κ1) is 21.3. The zero-order valence-electron chi connectivity index (χ0n) is 17.2. The molecule has 2 aliphatic heterocycles. The minimum Gasteiger partial charge on any atom is -0.464 e. The first-order chi connectivity index (χ1) is 14.2. The number of fused-ring (bicyclic) bond motifs is 1. The van der Waals surface area contributed by atoms with Crippen LogP contribution in [0.15, 0.2) is 42.8 Å². The number of hydrogen-bond donors (Lipinski definition) is 1. The van der Waals surface area contributed by atoms with E-state index in [0.29, 0.717) is 18.7 Å². The van der Waals surface area contributed by atoms with Gasteiger partial charge in [0.1, 0.15) is 11.4 Å². The number of nitrogens with one attached hydrogen (secondary N) is 1. The molecular formula is C22H25N3O5. The Morgan fingerprint density at radius 2 is 1.83 bits per heavy atom. The van der Waals surface area contributed by atoms with Gasteiger partial charge in [-0.15, -0.1) is 0 Å². The highest BCUT2D eigenvalue weighted by molar-refractivity contribution is 6.07. The molecule has 1 aromatic rings. The highest BCUT2D eigenvalue weighted by Crippen LogP contribution is 2.36. The summed E-state index contributed by atoms with van der Waals surface area (Å²) in [6.07, 6.45) is 1.65. The molecule has 3 rings (SSSR count). The van der Waals surface area contributed by atoms with Gasteiger partial charge in [0, 0.05) is 25.6 Å². The lowest BCUT2D eigenvalue weighted by Crippen LogP contribution is -2.36. The number of ether oxygens (including phenoxy) is 1. The third kappa shape index (κ3) is 3.98. The van der Waals surface area contributed by atoms with Gasteiger partial charge >= 0.3 is 5.97 Å². The largest absolute Gasteiger partial charge is 0.464 e. The van der Waals surface area contributed by atoms with Crippen molar-refractivity contribution in [3.8, 4) is 0 Å². The number of benzene rings is 1. The fraction of sp³-hybridized carbons (Fsp3) is 0.364. The van der Waals surface area contributed by atoms with Crippen molar-refractivity contribution in [3.63, 3.8) is 0 Å². The lowest BCUT2D eigenvalue weighted by molar-refractivity contribution is -0.137. The third-order valence-electron chi connectivity index (χ3n) is 5.67. The van der Waals surface area contributed by atoms with E-state index in [1.54, 1.807) is 13.0 Å². The molecule has 0 bridgehead atoms. The molecule has 0 atom stereocenters. The lowest BCUT2D eigenvalue weighted by Gasteiger charge is -2.32. The molecule has 30 heavy (non-hydrogen) atoms. The first-order valence-corrected chi connectivity index (χ1v) is 9.71. The Hall–Kier alpha value is -3.42. The zero-order chi connectivity index (χ0) is 22.0. The van der Waals surface area contributed by atoms with Crippen LogP contribution in [0.3, 0.4) is 0 Å². The Morgan fingerprint density at radius 3 is 2.43 bits per heavy atom. The van der Waals surface area contributed by atoms with Gasteiger partial charge in [0.2, 0.25) is 5.91 Å². The van der Waals surface area contributed by atoms with Crippen molar-refractivity contribution in [2.24, 2.45) is 0 Å². The number of carbonyl (C=O) groups is 4. The van der Waals surface area contributed by atoms with Gasteiger partial charge in [-0.25, -0.2) is 4.79 Å². The van der Waals surface area contributed by atoms with E-state index in [9.17, 15) is 19.2 Å². The number of rotatable bonds is 5. The van der Waals surface area contributed by atoms with Crippen molar-refractivity contribution in [2.45, 2.75) is 32.2 Å². The Bertz CT molecular complexity index is 944. The van der Waals surface area contributed by atoms with Crippen molar-refractivity contribution in [1.82, 2.24) is 15.1 Å². The minimum absolute atomic E-state index is 0.0707. The quantitative estimate of drug-likeness (QED) is 0.588. The average Bonchev–Trinajstić information content (AvgIpc) is 3.09. The normalized spacial score (nSPS) is 16.1. The molecule has 0 spiro atoms. The molecule has 8 heteroatoms. The van der Waals surface area contributed by atoms with Gasteiger partial charge < -0.3 is 15.0 Å². The number of carbonyl (C=O) groups excluding carboxylic acids is 4. The SMILES string of the molecule is C=C(NC(=O)C(=C)N1Cc2c(cccc2C2CCN(C(C)=O)CC2)C1=O)C(=O)OC. The van der Waals surface area contributed by atoms with E-state index in [1.165, 1.54) is 12.0 Å². The Labute approximate surface area is 175 Å². The van der Waals surface area contributed by atoms with Gasteiger partial charge in [-0.05, 0) is 36.0 Å². The van der Waals surface area contributed by atoms with E-state index in [2.05, 4.69) is 23.2 Å². The molecule has 0 radical (unpaired) electrons. The maximum Gasteiger partial charge on any atom is 0.353 e. The Balaban J connectivity index is 1.75. The number of nitrogens with zero attached hydrogens (tertiary/aromatic N) is 2. The third-order valence-corrected chi connectivity index (χ3v) is 5.67. The molecule has 1 N–H and O–H groups in total. The molecule has 0 unspecified atom stereocenters.